The smallest absolute Gasteiger partial charge is 0.187 e. The van der Waals surface area contributed by atoms with Crippen LogP contribution in [-0.4, -0.2) is 13.2 Å². The normalized spacial score (nSPS) is 21.4. The Hall–Kier alpha value is -1.61. The lowest BCUT2D eigenvalue weighted by Crippen LogP contribution is -2.34. The van der Waals surface area contributed by atoms with Crippen LogP contribution in [0.3, 0.4) is 0 Å². The average Bonchev–Trinajstić information content (AvgIpc) is 2.90. The van der Waals surface area contributed by atoms with E-state index in [0.717, 1.165) is 36.0 Å². The van der Waals surface area contributed by atoms with Crippen LogP contribution in [0.2, 0.25) is 0 Å². The molecule has 1 atom stereocenters. The fourth-order valence-electron chi connectivity index (χ4n) is 3.48. The van der Waals surface area contributed by atoms with Crippen molar-refractivity contribution in [3.63, 3.8) is 0 Å². The molecule has 1 aliphatic carbocycles. The van der Waals surface area contributed by atoms with Crippen molar-refractivity contribution in [1.29, 1.82) is 0 Å². The Labute approximate surface area is 153 Å². The van der Waals surface area contributed by atoms with E-state index in [9.17, 15) is 8.42 Å². The van der Waals surface area contributed by atoms with Crippen molar-refractivity contribution in [2.45, 2.75) is 69.4 Å². The van der Waals surface area contributed by atoms with Crippen LogP contribution < -0.4 is 0 Å². The zero-order valence-corrected chi connectivity index (χ0v) is 16.7. The minimum Gasteiger partial charge on any atom is -0.223 e. The summed E-state index contributed by atoms with van der Waals surface area (Å²) in [5, 5.41) is 0. The van der Waals surface area contributed by atoms with Crippen molar-refractivity contribution in [2.24, 2.45) is 0 Å². The Kier molecular flexibility index (Phi) is 6.10. The number of hydrogen-bond donors (Lipinski definition) is 0. The van der Waals surface area contributed by atoms with E-state index in [2.05, 4.69) is 26.5 Å². The van der Waals surface area contributed by atoms with Gasteiger partial charge in [-0.15, -0.1) is 0 Å². The van der Waals surface area contributed by atoms with Crippen LogP contribution in [0.5, 0.6) is 0 Å². The fourth-order valence-corrected chi connectivity index (χ4v) is 5.57. The fraction of sp³-hybridized carbons (Fsp3) is 0.455. The number of benzene rings is 1. The molecule has 2 nitrogen and oxygen atoms in total. The van der Waals surface area contributed by atoms with Gasteiger partial charge in [0, 0.05) is 0 Å². The van der Waals surface area contributed by atoms with Gasteiger partial charge in [0.1, 0.15) is 0 Å². The molecule has 0 heterocycles. The second-order valence-corrected chi connectivity index (χ2v) is 9.91. The summed E-state index contributed by atoms with van der Waals surface area (Å²) in [6.07, 6.45) is 7.99. The highest BCUT2D eigenvalue weighted by Crippen LogP contribution is 2.44. The van der Waals surface area contributed by atoms with Crippen molar-refractivity contribution in [3.05, 3.63) is 65.3 Å². The summed E-state index contributed by atoms with van der Waals surface area (Å²) in [5.41, 5.74) is 4.54. The first-order valence-electron chi connectivity index (χ1n) is 8.96. The van der Waals surface area contributed by atoms with E-state index in [4.69, 9.17) is 0 Å². The summed E-state index contributed by atoms with van der Waals surface area (Å²) in [4.78, 5) is 0.418. The largest absolute Gasteiger partial charge is 0.223 e. The van der Waals surface area contributed by atoms with Crippen molar-refractivity contribution < 1.29 is 8.42 Å². The third-order valence-corrected chi connectivity index (χ3v) is 7.35. The number of rotatable bonds is 6. The van der Waals surface area contributed by atoms with E-state index in [0.29, 0.717) is 17.7 Å². The summed E-state index contributed by atoms with van der Waals surface area (Å²) >= 11 is 0. The van der Waals surface area contributed by atoms with Crippen LogP contribution in [0.15, 0.2) is 64.6 Å². The van der Waals surface area contributed by atoms with Gasteiger partial charge in [0.05, 0.1) is 9.64 Å². The molecule has 0 aromatic heterocycles. The molecule has 2 rings (SSSR count). The third kappa shape index (κ3) is 4.52. The third-order valence-electron chi connectivity index (χ3n) is 4.92. The van der Waals surface area contributed by atoms with Crippen LogP contribution in [0.25, 0.3) is 0 Å². The number of sulfone groups is 1. The Morgan fingerprint density at radius 3 is 2.36 bits per heavy atom. The first-order chi connectivity index (χ1) is 11.7. The van der Waals surface area contributed by atoms with E-state index in [-0.39, 0.29) is 0 Å². The lowest BCUT2D eigenvalue weighted by molar-refractivity contribution is 0.554. The molecule has 1 aromatic carbocycles. The van der Waals surface area contributed by atoms with E-state index >= 15 is 0 Å². The molecule has 1 aromatic rings. The molecule has 1 unspecified atom stereocenters. The van der Waals surface area contributed by atoms with E-state index in [1.807, 2.05) is 32.1 Å². The first-order valence-corrected chi connectivity index (χ1v) is 10.4. The lowest BCUT2D eigenvalue weighted by atomic mass is 10.0. The van der Waals surface area contributed by atoms with Crippen molar-refractivity contribution >= 4 is 9.84 Å². The lowest BCUT2D eigenvalue weighted by Gasteiger charge is -2.26. The van der Waals surface area contributed by atoms with Gasteiger partial charge in [-0.3, -0.25) is 0 Å². The van der Waals surface area contributed by atoms with Gasteiger partial charge in [0.15, 0.2) is 9.84 Å². The Bertz CT molecular complexity index is 791. The predicted molar refractivity (Wildman–Crippen MR) is 107 cm³/mol. The summed E-state index contributed by atoms with van der Waals surface area (Å²) in [6.45, 7) is 12.3. The average molecular weight is 359 g/mol. The molecule has 25 heavy (non-hydrogen) atoms. The van der Waals surface area contributed by atoms with Gasteiger partial charge in [-0.25, -0.2) is 8.42 Å². The molecular formula is C22H30O2S. The molecule has 0 N–H and O–H groups in total. The van der Waals surface area contributed by atoms with Gasteiger partial charge in [-0.1, -0.05) is 53.1 Å². The van der Waals surface area contributed by atoms with Crippen LogP contribution >= 0.6 is 0 Å². The topological polar surface area (TPSA) is 34.1 Å². The van der Waals surface area contributed by atoms with E-state index in [1.54, 1.807) is 12.1 Å². The molecule has 136 valence electrons. The zero-order valence-electron chi connectivity index (χ0n) is 15.9. The van der Waals surface area contributed by atoms with Crippen LogP contribution in [0.1, 0.15) is 58.4 Å². The van der Waals surface area contributed by atoms with Crippen LogP contribution in [0.4, 0.5) is 0 Å². The molecule has 0 spiro atoms. The SMILES string of the molecule is C=C1CCC(/C=C(\C)CCC=C(C)C)(S(=O)(=O)c2ccc(C)cc2)C1. The Morgan fingerprint density at radius 1 is 1.20 bits per heavy atom. The molecule has 0 bridgehead atoms. The molecule has 0 radical (unpaired) electrons. The quantitative estimate of drug-likeness (QED) is 0.590. The summed E-state index contributed by atoms with van der Waals surface area (Å²) in [6, 6.07) is 7.21. The van der Waals surface area contributed by atoms with Crippen molar-refractivity contribution in [3.8, 4) is 0 Å². The molecule has 3 heteroatoms. The molecular weight excluding hydrogens is 328 g/mol. The van der Waals surface area contributed by atoms with Crippen LogP contribution in [0, 0.1) is 6.92 Å². The van der Waals surface area contributed by atoms with Gasteiger partial charge in [0.2, 0.25) is 0 Å². The second-order valence-electron chi connectivity index (χ2n) is 7.62. The maximum atomic E-state index is 13.4. The first kappa shape index (κ1) is 19.7. The molecule has 0 amide bonds. The van der Waals surface area contributed by atoms with Gasteiger partial charge in [-0.05, 0) is 71.9 Å². The maximum absolute atomic E-state index is 13.4. The van der Waals surface area contributed by atoms with E-state index < -0.39 is 14.6 Å². The maximum Gasteiger partial charge on any atom is 0.187 e. The summed E-state index contributed by atoms with van der Waals surface area (Å²) in [7, 11) is -3.44. The molecule has 1 saturated carbocycles. The standard InChI is InChI=1S/C22H30O2S/c1-17(2)7-6-8-19(4)15-22(14-13-20(5)16-22)25(23,24)21-11-9-18(3)10-12-21/h7,9-12,15H,5-6,8,13-14,16H2,1-4H3/b19-15+. The molecule has 0 saturated heterocycles. The minimum atomic E-state index is -3.44. The highest BCUT2D eigenvalue weighted by molar-refractivity contribution is 7.93. The highest BCUT2D eigenvalue weighted by atomic mass is 32.2. The van der Waals surface area contributed by atoms with Gasteiger partial charge < -0.3 is 0 Å². The molecule has 1 aliphatic rings. The highest BCUT2D eigenvalue weighted by Gasteiger charge is 2.46. The second kappa shape index (κ2) is 7.74. The molecule has 0 aliphatic heterocycles. The van der Waals surface area contributed by atoms with Gasteiger partial charge >= 0.3 is 0 Å². The van der Waals surface area contributed by atoms with Crippen LogP contribution in [-0.2, 0) is 9.84 Å². The number of hydrogen-bond acceptors (Lipinski definition) is 2. The zero-order chi connectivity index (χ0) is 18.7. The summed E-state index contributed by atoms with van der Waals surface area (Å²) in [5.74, 6) is 0. The van der Waals surface area contributed by atoms with Gasteiger partial charge in [-0.2, -0.15) is 0 Å². The summed E-state index contributed by atoms with van der Waals surface area (Å²) < 4.78 is 26.0. The number of allylic oxidation sites excluding steroid dienone is 4. The van der Waals surface area contributed by atoms with Crippen molar-refractivity contribution in [2.75, 3.05) is 0 Å². The Morgan fingerprint density at radius 2 is 1.84 bits per heavy atom. The monoisotopic (exact) mass is 358 g/mol. The molecule has 1 fully saturated rings. The minimum absolute atomic E-state index is 0.418. The Balaban J connectivity index is 2.39. The number of aryl methyl sites for hydroxylation is 1. The van der Waals surface area contributed by atoms with Gasteiger partial charge in [0.25, 0.3) is 0 Å². The van der Waals surface area contributed by atoms with Crippen molar-refractivity contribution in [1.82, 2.24) is 0 Å². The van der Waals surface area contributed by atoms with E-state index in [1.165, 1.54) is 5.57 Å². The predicted octanol–water partition coefficient (Wildman–Crippen LogP) is 5.94.